The number of likely N-dealkylation sites (tertiary alicyclic amines) is 1. The van der Waals surface area contributed by atoms with Crippen LogP contribution in [-0.4, -0.2) is 60.7 Å². The van der Waals surface area contributed by atoms with E-state index in [9.17, 15) is 4.79 Å². The number of fused-ring (bicyclic) bond motifs is 1. The number of hydrazine groups is 1. The van der Waals surface area contributed by atoms with Crippen molar-refractivity contribution in [3.63, 3.8) is 0 Å². The van der Waals surface area contributed by atoms with Crippen LogP contribution in [0.3, 0.4) is 0 Å². The number of carbonyl (C=O) groups is 1. The van der Waals surface area contributed by atoms with E-state index in [0.29, 0.717) is 12.1 Å². The van der Waals surface area contributed by atoms with Crippen LogP contribution in [0.5, 0.6) is 0 Å². The molecule has 130 valence electrons. The minimum absolute atomic E-state index is 0.0158. The lowest BCUT2D eigenvalue weighted by Crippen LogP contribution is -2.57. The molecule has 24 heavy (non-hydrogen) atoms. The molecular formula is C18H27N5O. The molecule has 4 rings (SSSR count). The van der Waals surface area contributed by atoms with Crippen molar-refractivity contribution in [2.45, 2.75) is 31.6 Å². The summed E-state index contributed by atoms with van der Waals surface area (Å²) in [6, 6.07) is 10.2. The first kappa shape index (κ1) is 16.0. The van der Waals surface area contributed by atoms with Gasteiger partial charge in [0.25, 0.3) is 0 Å². The maximum absolute atomic E-state index is 12.6. The molecule has 1 amide bonds. The number of amides is 1. The molecule has 6 heteroatoms. The fourth-order valence-corrected chi connectivity index (χ4v) is 4.00. The van der Waals surface area contributed by atoms with E-state index in [1.807, 2.05) is 23.1 Å². The quantitative estimate of drug-likeness (QED) is 0.717. The Balaban J connectivity index is 1.25. The van der Waals surface area contributed by atoms with Gasteiger partial charge < -0.3 is 15.5 Å². The second-order valence-corrected chi connectivity index (χ2v) is 7.13. The largest absolute Gasteiger partial charge is 0.337 e. The average Bonchev–Trinajstić information content (AvgIpc) is 3.21. The van der Waals surface area contributed by atoms with Gasteiger partial charge in [-0.1, -0.05) is 30.3 Å². The molecule has 0 radical (unpaired) electrons. The van der Waals surface area contributed by atoms with Gasteiger partial charge in [-0.3, -0.25) is 10.2 Å². The standard InChI is InChI=1S/C18H27N5O/c24-18-16(7-9-22(18)12-14-4-2-1-3-5-14)19-10-15-11-20-17-6-8-21-23(17)13-15/h1-5,15-17,19-21H,6-13H2. The second kappa shape index (κ2) is 7.19. The molecule has 3 N–H and O–H groups in total. The maximum Gasteiger partial charge on any atom is 0.240 e. The molecule has 3 unspecified atom stereocenters. The van der Waals surface area contributed by atoms with Gasteiger partial charge in [-0.25, -0.2) is 5.01 Å². The van der Waals surface area contributed by atoms with Crippen LogP contribution in [0, 0.1) is 5.92 Å². The number of rotatable bonds is 5. The van der Waals surface area contributed by atoms with Crippen molar-refractivity contribution in [2.75, 3.05) is 32.7 Å². The Labute approximate surface area is 143 Å². The van der Waals surface area contributed by atoms with Gasteiger partial charge in [0.15, 0.2) is 0 Å². The molecule has 3 fully saturated rings. The molecule has 1 aromatic carbocycles. The van der Waals surface area contributed by atoms with E-state index in [0.717, 1.165) is 45.7 Å². The van der Waals surface area contributed by atoms with Crippen LogP contribution in [-0.2, 0) is 11.3 Å². The highest BCUT2D eigenvalue weighted by Crippen LogP contribution is 2.17. The first-order valence-electron chi connectivity index (χ1n) is 9.09. The Hall–Kier alpha value is -1.47. The van der Waals surface area contributed by atoms with Gasteiger partial charge in [0.1, 0.15) is 0 Å². The molecule has 1 aromatic rings. The van der Waals surface area contributed by atoms with Crippen molar-refractivity contribution < 1.29 is 4.79 Å². The Morgan fingerprint density at radius 2 is 2.08 bits per heavy atom. The van der Waals surface area contributed by atoms with E-state index in [1.54, 1.807) is 0 Å². The predicted octanol–water partition coefficient (Wildman–Crippen LogP) is 0.133. The first-order chi connectivity index (χ1) is 11.8. The molecule has 6 nitrogen and oxygen atoms in total. The summed E-state index contributed by atoms with van der Waals surface area (Å²) in [5, 5.41) is 9.41. The molecule has 0 aliphatic carbocycles. The van der Waals surface area contributed by atoms with Crippen molar-refractivity contribution in [3.05, 3.63) is 35.9 Å². The third-order valence-electron chi connectivity index (χ3n) is 5.37. The fourth-order valence-electron chi connectivity index (χ4n) is 4.00. The van der Waals surface area contributed by atoms with Gasteiger partial charge in [-0.15, -0.1) is 0 Å². The van der Waals surface area contributed by atoms with Gasteiger partial charge in [0.2, 0.25) is 5.91 Å². The van der Waals surface area contributed by atoms with E-state index in [1.165, 1.54) is 12.0 Å². The monoisotopic (exact) mass is 329 g/mol. The Morgan fingerprint density at radius 1 is 1.21 bits per heavy atom. The number of benzene rings is 1. The van der Waals surface area contributed by atoms with Crippen molar-refractivity contribution in [3.8, 4) is 0 Å². The molecule has 0 bridgehead atoms. The molecule has 3 atom stereocenters. The average molecular weight is 329 g/mol. The lowest BCUT2D eigenvalue weighted by molar-refractivity contribution is -0.130. The van der Waals surface area contributed by atoms with E-state index in [2.05, 4.69) is 33.2 Å². The smallest absolute Gasteiger partial charge is 0.240 e. The normalized spacial score (nSPS) is 30.8. The molecule has 0 aromatic heterocycles. The summed E-state index contributed by atoms with van der Waals surface area (Å²) in [7, 11) is 0. The van der Waals surface area contributed by atoms with Gasteiger partial charge in [-0.05, 0) is 24.3 Å². The van der Waals surface area contributed by atoms with Crippen LogP contribution in [0.1, 0.15) is 18.4 Å². The zero-order valence-electron chi connectivity index (χ0n) is 14.1. The van der Waals surface area contributed by atoms with Gasteiger partial charge >= 0.3 is 0 Å². The van der Waals surface area contributed by atoms with Crippen molar-refractivity contribution in [1.29, 1.82) is 0 Å². The second-order valence-electron chi connectivity index (χ2n) is 7.13. The molecular weight excluding hydrogens is 302 g/mol. The van der Waals surface area contributed by atoms with Gasteiger partial charge in [0.05, 0.1) is 12.2 Å². The number of nitrogens with zero attached hydrogens (tertiary/aromatic N) is 2. The summed E-state index contributed by atoms with van der Waals surface area (Å²) in [5.41, 5.74) is 4.63. The molecule has 3 aliphatic rings. The minimum atomic E-state index is -0.0158. The van der Waals surface area contributed by atoms with Crippen LogP contribution >= 0.6 is 0 Å². The number of hydrogen-bond donors (Lipinski definition) is 3. The van der Waals surface area contributed by atoms with E-state index in [-0.39, 0.29) is 11.9 Å². The van der Waals surface area contributed by atoms with E-state index >= 15 is 0 Å². The minimum Gasteiger partial charge on any atom is -0.337 e. The summed E-state index contributed by atoms with van der Waals surface area (Å²) in [6.07, 6.45) is 2.59. The number of nitrogens with one attached hydrogen (secondary N) is 3. The molecule has 3 saturated heterocycles. The van der Waals surface area contributed by atoms with Crippen LogP contribution in [0.15, 0.2) is 30.3 Å². The third-order valence-corrected chi connectivity index (χ3v) is 5.37. The zero-order valence-corrected chi connectivity index (χ0v) is 14.1. The highest BCUT2D eigenvalue weighted by Gasteiger charge is 2.34. The van der Waals surface area contributed by atoms with Crippen LogP contribution < -0.4 is 16.1 Å². The third kappa shape index (κ3) is 3.47. The topological polar surface area (TPSA) is 59.6 Å². The Bertz CT molecular complexity index is 566. The Morgan fingerprint density at radius 3 is 2.96 bits per heavy atom. The lowest BCUT2D eigenvalue weighted by Gasteiger charge is -2.35. The molecule has 0 saturated carbocycles. The van der Waals surface area contributed by atoms with Crippen LogP contribution in [0.2, 0.25) is 0 Å². The summed E-state index contributed by atoms with van der Waals surface area (Å²) in [4.78, 5) is 14.6. The van der Waals surface area contributed by atoms with Crippen molar-refractivity contribution >= 4 is 5.91 Å². The van der Waals surface area contributed by atoms with E-state index in [4.69, 9.17) is 0 Å². The summed E-state index contributed by atoms with van der Waals surface area (Å²) >= 11 is 0. The van der Waals surface area contributed by atoms with Crippen molar-refractivity contribution in [1.82, 2.24) is 26.0 Å². The highest BCUT2D eigenvalue weighted by molar-refractivity contribution is 5.83. The number of hydrogen-bond acceptors (Lipinski definition) is 5. The van der Waals surface area contributed by atoms with Crippen LogP contribution in [0.25, 0.3) is 0 Å². The molecule has 0 spiro atoms. The lowest BCUT2D eigenvalue weighted by atomic mass is 10.1. The van der Waals surface area contributed by atoms with Gasteiger partial charge in [0, 0.05) is 39.3 Å². The molecule has 3 heterocycles. The van der Waals surface area contributed by atoms with E-state index < -0.39 is 0 Å². The highest BCUT2D eigenvalue weighted by atomic mass is 16.2. The van der Waals surface area contributed by atoms with Crippen molar-refractivity contribution in [2.24, 2.45) is 5.92 Å². The number of carbonyl (C=O) groups excluding carboxylic acids is 1. The fraction of sp³-hybridized carbons (Fsp3) is 0.611. The van der Waals surface area contributed by atoms with Crippen LogP contribution in [0.4, 0.5) is 0 Å². The van der Waals surface area contributed by atoms with Gasteiger partial charge in [-0.2, -0.15) is 0 Å². The maximum atomic E-state index is 12.6. The zero-order chi connectivity index (χ0) is 16.4. The summed E-state index contributed by atoms with van der Waals surface area (Å²) in [6.45, 7) is 5.62. The SMILES string of the molecule is O=C1C(NCC2CNC3CCNN3C2)CCN1Cc1ccccc1. The predicted molar refractivity (Wildman–Crippen MR) is 92.9 cm³/mol. The first-order valence-corrected chi connectivity index (χ1v) is 9.09. The molecule has 3 aliphatic heterocycles. The summed E-state index contributed by atoms with van der Waals surface area (Å²) < 4.78 is 0. The summed E-state index contributed by atoms with van der Waals surface area (Å²) in [5.74, 6) is 0.794. The Kier molecular flexibility index (Phi) is 4.80.